The van der Waals surface area contributed by atoms with Crippen LogP contribution in [0.15, 0.2) is 24.3 Å². The SMILES string of the molecule is CNc1ccccc1CCC1(C)CC1. The number of para-hydroxylation sites is 1. The maximum absolute atomic E-state index is 3.25. The second-order valence-electron chi connectivity index (χ2n) is 4.72. The van der Waals surface area contributed by atoms with Crippen LogP contribution in [0.5, 0.6) is 0 Å². The molecule has 1 fully saturated rings. The molecular weight excluding hydrogens is 170 g/mol. The molecule has 0 spiro atoms. The Morgan fingerprint density at radius 3 is 2.64 bits per heavy atom. The predicted molar refractivity (Wildman–Crippen MR) is 61.7 cm³/mol. The largest absolute Gasteiger partial charge is 0.388 e. The summed E-state index contributed by atoms with van der Waals surface area (Å²) in [5, 5.41) is 3.25. The third-order valence-electron chi connectivity index (χ3n) is 3.39. The number of nitrogens with one attached hydrogen (secondary N) is 1. The number of rotatable bonds is 4. The highest BCUT2D eigenvalue weighted by atomic mass is 14.8. The lowest BCUT2D eigenvalue weighted by Crippen LogP contribution is -1.99. The van der Waals surface area contributed by atoms with Gasteiger partial charge >= 0.3 is 0 Å². The summed E-state index contributed by atoms with van der Waals surface area (Å²) in [5.74, 6) is 0. The van der Waals surface area contributed by atoms with Gasteiger partial charge in [-0.15, -0.1) is 0 Å². The van der Waals surface area contributed by atoms with Gasteiger partial charge in [0.1, 0.15) is 0 Å². The molecule has 1 nitrogen and oxygen atoms in total. The van der Waals surface area contributed by atoms with E-state index < -0.39 is 0 Å². The summed E-state index contributed by atoms with van der Waals surface area (Å²) in [6.07, 6.45) is 5.41. The van der Waals surface area contributed by atoms with E-state index >= 15 is 0 Å². The van der Waals surface area contributed by atoms with Crippen LogP contribution in [0.1, 0.15) is 31.7 Å². The molecule has 14 heavy (non-hydrogen) atoms. The Balaban J connectivity index is 2.00. The van der Waals surface area contributed by atoms with Gasteiger partial charge in [-0.25, -0.2) is 0 Å². The lowest BCUT2D eigenvalue weighted by atomic mass is 9.98. The first-order valence-electron chi connectivity index (χ1n) is 5.49. The number of hydrogen-bond acceptors (Lipinski definition) is 1. The predicted octanol–water partition coefficient (Wildman–Crippen LogP) is 3.46. The molecule has 1 heteroatoms. The van der Waals surface area contributed by atoms with Gasteiger partial charge in [-0.05, 0) is 42.7 Å². The van der Waals surface area contributed by atoms with Crippen molar-refractivity contribution < 1.29 is 0 Å². The van der Waals surface area contributed by atoms with E-state index in [-0.39, 0.29) is 0 Å². The topological polar surface area (TPSA) is 12.0 Å². The van der Waals surface area contributed by atoms with Gasteiger partial charge in [-0.2, -0.15) is 0 Å². The van der Waals surface area contributed by atoms with Crippen molar-refractivity contribution in [1.29, 1.82) is 0 Å². The average Bonchev–Trinajstić information content (AvgIpc) is 2.95. The van der Waals surface area contributed by atoms with Gasteiger partial charge in [0, 0.05) is 12.7 Å². The van der Waals surface area contributed by atoms with Gasteiger partial charge in [-0.1, -0.05) is 25.1 Å². The first-order valence-corrected chi connectivity index (χ1v) is 5.49. The monoisotopic (exact) mass is 189 g/mol. The maximum Gasteiger partial charge on any atom is 0.0370 e. The van der Waals surface area contributed by atoms with Crippen LogP contribution in [0.3, 0.4) is 0 Å². The molecule has 0 aromatic heterocycles. The van der Waals surface area contributed by atoms with Crippen LogP contribution in [-0.4, -0.2) is 7.05 Å². The fourth-order valence-corrected chi connectivity index (χ4v) is 1.88. The molecule has 0 atom stereocenters. The third-order valence-corrected chi connectivity index (χ3v) is 3.39. The molecule has 0 amide bonds. The van der Waals surface area contributed by atoms with Gasteiger partial charge in [0.15, 0.2) is 0 Å². The van der Waals surface area contributed by atoms with Crippen molar-refractivity contribution in [3.63, 3.8) is 0 Å². The fraction of sp³-hybridized carbons (Fsp3) is 0.538. The van der Waals surface area contributed by atoms with Crippen LogP contribution < -0.4 is 5.32 Å². The van der Waals surface area contributed by atoms with E-state index in [4.69, 9.17) is 0 Å². The average molecular weight is 189 g/mol. The molecular formula is C13H19N. The molecule has 1 aliphatic carbocycles. The number of benzene rings is 1. The van der Waals surface area contributed by atoms with Crippen molar-refractivity contribution in [1.82, 2.24) is 0 Å². The van der Waals surface area contributed by atoms with E-state index in [1.165, 1.54) is 36.9 Å². The minimum Gasteiger partial charge on any atom is -0.388 e. The summed E-state index contributed by atoms with van der Waals surface area (Å²) in [6, 6.07) is 8.61. The molecule has 0 aliphatic heterocycles. The normalized spacial score (nSPS) is 17.9. The van der Waals surface area contributed by atoms with E-state index in [0.717, 1.165) is 0 Å². The molecule has 76 valence electrons. The number of hydrogen-bond donors (Lipinski definition) is 1. The molecule has 2 rings (SSSR count). The Kier molecular flexibility index (Phi) is 2.49. The lowest BCUT2D eigenvalue weighted by molar-refractivity contribution is 0.519. The zero-order valence-electron chi connectivity index (χ0n) is 9.14. The molecule has 1 aliphatic rings. The van der Waals surface area contributed by atoms with Gasteiger partial charge in [0.2, 0.25) is 0 Å². The summed E-state index contributed by atoms with van der Waals surface area (Å²) in [5.41, 5.74) is 3.42. The molecule has 1 N–H and O–H groups in total. The Morgan fingerprint density at radius 2 is 2.00 bits per heavy atom. The van der Waals surface area contributed by atoms with Gasteiger partial charge in [0.25, 0.3) is 0 Å². The minimum atomic E-state index is 0.668. The highest BCUT2D eigenvalue weighted by Crippen LogP contribution is 2.48. The minimum absolute atomic E-state index is 0.668. The van der Waals surface area contributed by atoms with Crippen molar-refractivity contribution in [2.45, 2.75) is 32.6 Å². The summed E-state index contributed by atoms with van der Waals surface area (Å²) < 4.78 is 0. The van der Waals surface area contributed by atoms with E-state index in [9.17, 15) is 0 Å². The summed E-state index contributed by atoms with van der Waals surface area (Å²) in [7, 11) is 2.00. The molecule has 0 saturated heterocycles. The molecule has 0 unspecified atom stereocenters. The summed E-state index contributed by atoms with van der Waals surface area (Å²) in [6.45, 7) is 2.40. The van der Waals surface area contributed by atoms with Crippen molar-refractivity contribution in [2.75, 3.05) is 12.4 Å². The Labute approximate surface area is 86.5 Å². The van der Waals surface area contributed by atoms with Crippen molar-refractivity contribution in [2.24, 2.45) is 5.41 Å². The van der Waals surface area contributed by atoms with Gasteiger partial charge in [0.05, 0.1) is 0 Å². The number of anilines is 1. The zero-order chi connectivity index (χ0) is 10.0. The summed E-state index contributed by atoms with van der Waals surface area (Å²) >= 11 is 0. The standard InChI is InChI=1S/C13H19N/c1-13(9-10-13)8-7-11-5-3-4-6-12(11)14-2/h3-6,14H,7-10H2,1-2H3. The van der Waals surface area contributed by atoms with Crippen LogP contribution in [-0.2, 0) is 6.42 Å². The number of aryl methyl sites for hydroxylation is 1. The molecule has 0 bridgehead atoms. The Bertz CT molecular complexity index is 313. The highest BCUT2D eigenvalue weighted by molar-refractivity contribution is 5.50. The summed E-state index contributed by atoms with van der Waals surface area (Å²) in [4.78, 5) is 0. The van der Waals surface area contributed by atoms with Crippen LogP contribution >= 0.6 is 0 Å². The van der Waals surface area contributed by atoms with Crippen LogP contribution in [0.2, 0.25) is 0 Å². The fourth-order valence-electron chi connectivity index (χ4n) is 1.88. The second-order valence-corrected chi connectivity index (χ2v) is 4.72. The van der Waals surface area contributed by atoms with Crippen LogP contribution in [0.4, 0.5) is 5.69 Å². The molecule has 1 aromatic rings. The second kappa shape index (κ2) is 3.64. The van der Waals surface area contributed by atoms with Crippen molar-refractivity contribution in [3.8, 4) is 0 Å². The molecule has 0 heterocycles. The van der Waals surface area contributed by atoms with Crippen LogP contribution in [0.25, 0.3) is 0 Å². The highest BCUT2D eigenvalue weighted by Gasteiger charge is 2.36. The molecule has 1 aromatic carbocycles. The van der Waals surface area contributed by atoms with E-state index in [1.807, 2.05) is 7.05 Å². The van der Waals surface area contributed by atoms with Crippen LogP contribution in [0, 0.1) is 5.41 Å². The van der Waals surface area contributed by atoms with E-state index in [2.05, 4.69) is 36.5 Å². The molecule has 1 saturated carbocycles. The lowest BCUT2D eigenvalue weighted by Gasteiger charge is -2.11. The smallest absolute Gasteiger partial charge is 0.0370 e. The third kappa shape index (κ3) is 2.09. The molecule has 0 radical (unpaired) electrons. The van der Waals surface area contributed by atoms with Gasteiger partial charge in [-0.3, -0.25) is 0 Å². The van der Waals surface area contributed by atoms with E-state index in [1.54, 1.807) is 0 Å². The first kappa shape index (κ1) is 9.57. The first-order chi connectivity index (χ1) is 6.73. The quantitative estimate of drug-likeness (QED) is 0.764. The van der Waals surface area contributed by atoms with Gasteiger partial charge < -0.3 is 5.32 Å². The Morgan fingerprint density at radius 1 is 1.29 bits per heavy atom. The Hall–Kier alpha value is -0.980. The van der Waals surface area contributed by atoms with Crippen molar-refractivity contribution in [3.05, 3.63) is 29.8 Å². The van der Waals surface area contributed by atoms with Crippen molar-refractivity contribution >= 4 is 5.69 Å². The zero-order valence-corrected chi connectivity index (χ0v) is 9.14. The maximum atomic E-state index is 3.25. The van der Waals surface area contributed by atoms with E-state index in [0.29, 0.717) is 5.41 Å².